The lowest BCUT2D eigenvalue weighted by Crippen LogP contribution is -2.49. The van der Waals surface area contributed by atoms with Gasteiger partial charge in [0.15, 0.2) is 0 Å². The molecule has 2 aromatic carbocycles. The van der Waals surface area contributed by atoms with Gasteiger partial charge < -0.3 is 5.32 Å². The van der Waals surface area contributed by atoms with Gasteiger partial charge in [-0.05, 0) is 61.9 Å². The Morgan fingerprint density at radius 2 is 1.60 bits per heavy atom. The van der Waals surface area contributed by atoms with E-state index >= 15 is 0 Å². The molecule has 11 nitrogen and oxygen atoms in total. The summed E-state index contributed by atoms with van der Waals surface area (Å²) in [6, 6.07) is 8.48. The fourth-order valence-corrected chi connectivity index (χ4v) is 6.16. The zero-order valence-corrected chi connectivity index (χ0v) is 21.0. The van der Waals surface area contributed by atoms with Crippen molar-refractivity contribution in [1.82, 2.24) is 4.31 Å². The van der Waals surface area contributed by atoms with Crippen LogP contribution in [0.4, 0.5) is 11.4 Å². The first-order valence-electron chi connectivity index (χ1n) is 10.7. The zero-order valence-electron chi connectivity index (χ0n) is 19.3. The van der Waals surface area contributed by atoms with Crippen LogP contribution in [0.1, 0.15) is 33.6 Å². The fourth-order valence-electron chi connectivity index (χ4n) is 3.80. The number of benzene rings is 2. The van der Waals surface area contributed by atoms with E-state index in [1.165, 1.54) is 55.5 Å². The molecular weight excluding hydrogens is 496 g/mol. The Morgan fingerprint density at radius 1 is 1.06 bits per heavy atom. The van der Waals surface area contributed by atoms with Gasteiger partial charge in [-0.1, -0.05) is 6.92 Å². The van der Waals surface area contributed by atoms with E-state index in [0.717, 1.165) is 9.21 Å². The molecule has 0 radical (unpaired) electrons. The number of hydrogen-bond acceptors (Lipinski definition) is 7. The van der Waals surface area contributed by atoms with Gasteiger partial charge in [-0.3, -0.25) is 14.4 Å². The molecule has 188 valence electrons. The maximum absolute atomic E-state index is 13.6. The van der Waals surface area contributed by atoms with Crippen LogP contribution in [0.2, 0.25) is 0 Å². The quantitative estimate of drug-likeness (QED) is 0.495. The van der Waals surface area contributed by atoms with Crippen LogP contribution < -0.4 is 15.4 Å². The van der Waals surface area contributed by atoms with E-state index in [1.807, 2.05) is 0 Å². The second-order valence-corrected chi connectivity index (χ2v) is 11.5. The number of sulfonamides is 2. The molecule has 0 bridgehead atoms. The molecular formula is C22H26N4O7S2. The molecule has 1 aliphatic heterocycles. The average molecular weight is 523 g/mol. The van der Waals surface area contributed by atoms with Crippen LogP contribution in [0.15, 0.2) is 58.3 Å². The van der Waals surface area contributed by atoms with Gasteiger partial charge in [0.05, 0.1) is 21.9 Å². The summed E-state index contributed by atoms with van der Waals surface area (Å²) in [5, 5.41) is 7.65. The van der Waals surface area contributed by atoms with Crippen LogP contribution in [0.3, 0.4) is 0 Å². The molecule has 2 aromatic rings. The summed E-state index contributed by atoms with van der Waals surface area (Å²) >= 11 is 0. The number of carbonyl (C=O) groups is 3. The highest BCUT2D eigenvalue weighted by atomic mass is 32.2. The summed E-state index contributed by atoms with van der Waals surface area (Å²) in [7, 11) is -8.17. The summed E-state index contributed by atoms with van der Waals surface area (Å²) in [6.45, 7) is 4.73. The summed E-state index contributed by atoms with van der Waals surface area (Å²) < 4.78 is 51.2. The number of nitrogens with two attached hydrogens (primary N) is 1. The SMILES string of the molecule is CCC(C)N(C1CC(=O)N(c2ccc(S(N)(=O)=O)cc2)C1=O)S(=O)(=O)c1ccc(NC(C)=O)cc1. The maximum atomic E-state index is 13.6. The Kier molecular flexibility index (Phi) is 7.45. The highest BCUT2D eigenvalue weighted by Crippen LogP contribution is 2.32. The molecule has 2 atom stereocenters. The van der Waals surface area contributed by atoms with Gasteiger partial charge in [0, 0.05) is 18.7 Å². The molecule has 2 unspecified atom stereocenters. The largest absolute Gasteiger partial charge is 0.326 e. The highest BCUT2D eigenvalue weighted by Gasteiger charge is 2.48. The summed E-state index contributed by atoms with van der Waals surface area (Å²) in [5.41, 5.74) is 0.517. The molecule has 1 saturated heterocycles. The Hall–Kier alpha value is -3.13. The van der Waals surface area contributed by atoms with Crippen LogP contribution in [0.5, 0.6) is 0 Å². The lowest BCUT2D eigenvalue weighted by atomic mass is 10.2. The van der Waals surface area contributed by atoms with Crippen molar-refractivity contribution in [3.8, 4) is 0 Å². The van der Waals surface area contributed by atoms with E-state index in [2.05, 4.69) is 5.32 Å². The van der Waals surface area contributed by atoms with Crippen molar-refractivity contribution in [1.29, 1.82) is 0 Å². The van der Waals surface area contributed by atoms with Crippen molar-refractivity contribution < 1.29 is 31.2 Å². The van der Waals surface area contributed by atoms with Gasteiger partial charge >= 0.3 is 0 Å². The second-order valence-electron chi connectivity index (χ2n) is 8.12. The number of amides is 3. The smallest absolute Gasteiger partial charge is 0.252 e. The summed E-state index contributed by atoms with van der Waals surface area (Å²) in [6.07, 6.45) is 0.00749. The van der Waals surface area contributed by atoms with Crippen molar-refractivity contribution in [3.05, 3.63) is 48.5 Å². The first-order chi connectivity index (χ1) is 16.3. The Morgan fingerprint density at radius 3 is 2.09 bits per heavy atom. The average Bonchev–Trinajstić information content (AvgIpc) is 3.06. The minimum absolute atomic E-state index is 0.0943. The van der Waals surface area contributed by atoms with Crippen LogP contribution >= 0.6 is 0 Å². The molecule has 1 heterocycles. The normalized spacial score (nSPS) is 17.6. The lowest BCUT2D eigenvalue weighted by Gasteiger charge is -2.31. The summed E-state index contributed by atoms with van der Waals surface area (Å²) in [4.78, 5) is 37.9. The predicted molar refractivity (Wildman–Crippen MR) is 128 cm³/mol. The van der Waals surface area contributed by atoms with Gasteiger partial charge in [0.25, 0.3) is 5.91 Å². The minimum atomic E-state index is -4.20. The second kappa shape index (κ2) is 9.85. The van der Waals surface area contributed by atoms with Gasteiger partial charge in [-0.2, -0.15) is 4.31 Å². The van der Waals surface area contributed by atoms with E-state index in [4.69, 9.17) is 5.14 Å². The molecule has 3 N–H and O–H groups in total. The van der Waals surface area contributed by atoms with Crippen LogP contribution in [-0.2, 0) is 34.4 Å². The molecule has 0 spiro atoms. The molecule has 0 aromatic heterocycles. The number of anilines is 2. The van der Waals surface area contributed by atoms with Crippen LogP contribution in [-0.4, -0.2) is 50.9 Å². The number of hydrogen-bond donors (Lipinski definition) is 2. The third-order valence-corrected chi connectivity index (χ3v) is 8.60. The first kappa shape index (κ1) is 26.5. The van der Waals surface area contributed by atoms with Crippen molar-refractivity contribution >= 4 is 49.1 Å². The number of rotatable bonds is 8. The monoisotopic (exact) mass is 522 g/mol. The Labute approximate surface area is 204 Å². The van der Waals surface area contributed by atoms with E-state index in [-0.39, 0.29) is 27.8 Å². The predicted octanol–water partition coefficient (Wildman–Crippen LogP) is 1.41. The molecule has 0 saturated carbocycles. The molecule has 3 amide bonds. The number of nitrogens with zero attached hydrogens (tertiary/aromatic N) is 2. The minimum Gasteiger partial charge on any atom is -0.326 e. The third kappa shape index (κ3) is 5.42. The maximum Gasteiger partial charge on any atom is 0.252 e. The lowest BCUT2D eigenvalue weighted by molar-refractivity contribution is -0.122. The highest BCUT2D eigenvalue weighted by molar-refractivity contribution is 7.89. The first-order valence-corrected chi connectivity index (χ1v) is 13.7. The topological polar surface area (TPSA) is 164 Å². The Bertz CT molecular complexity index is 1360. The van der Waals surface area contributed by atoms with E-state index in [9.17, 15) is 31.2 Å². The van der Waals surface area contributed by atoms with Crippen LogP contribution in [0.25, 0.3) is 0 Å². The van der Waals surface area contributed by atoms with Crippen LogP contribution in [0, 0.1) is 0 Å². The standard InChI is InChI=1S/C22H26N4O7S2/c1-4-14(2)26(35(32,33)19-9-5-16(6-10-19)24-15(3)27)20-13-21(28)25(22(20)29)17-7-11-18(12-8-17)34(23,30)31/h5-12,14,20H,4,13H2,1-3H3,(H,24,27)(H2,23,30,31). The molecule has 13 heteroatoms. The number of imide groups is 1. The Balaban J connectivity index is 1.97. The zero-order chi connectivity index (χ0) is 26.1. The molecule has 0 aliphatic carbocycles. The summed E-state index contributed by atoms with van der Waals surface area (Å²) in [5.74, 6) is -1.67. The number of nitrogens with one attached hydrogen (secondary N) is 1. The van der Waals surface area contributed by atoms with Crippen molar-refractivity contribution in [2.75, 3.05) is 10.2 Å². The van der Waals surface area contributed by atoms with Crippen molar-refractivity contribution in [3.63, 3.8) is 0 Å². The molecule has 3 rings (SSSR count). The third-order valence-electron chi connectivity index (χ3n) is 5.63. The van der Waals surface area contributed by atoms with E-state index in [0.29, 0.717) is 12.1 Å². The van der Waals surface area contributed by atoms with E-state index in [1.54, 1.807) is 13.8 Å². The fraction of sp³-hybridized carbons (Fsp3) is 0.318. The molecule has 1 aliphatic rings. The number of primary sulfonamides is 1. The van der Waals surface area contributed by atoms with Gasteiger partial charge in [-0.15, -0.1) is 0 Å². The van der Waals surface area contributed by atoms with Gasteiger partial charge in [0.2, 0.25) is 31.9 Å². The van der Waals surface area contributed by atoms with Gasteiger partial charge in [0.1, 0.15) is 6.04 Å². The van der Waals surface area contributed by atoms with E-state index < -0.39 is 43.9 Å². The molecule has 1 fully saturated rings. The molecule has 35 heavy (non-hydrogen) atoms. The number of carbonyl (C=O) groups excluding carboxylic acids is 3. The van der Waals surface area contributed by atoms with Gasteiger partial charge in [-0.25, -0.2) is 26.9 Å². The van der Waals surface area contributed by atoms with Crippen molar-refractivity contribution in [2.24, 2.45) is 5.14 Å². The van der Waals surface area contributed by atoms with Crippen molar-refractivity contribution in [2.45, 2.75) is 55.5 Å².